The molecule has 2 aliphatic rings. The number of thiophene rings is 1. The lowest BCUT2D eigenvalue weighted by atomic mass is 10.1. The van der Waals surface area contributed by atoms with Crippen LogP contribution in [0, 0.1) is 12.7 Å². The van der Waals surface area contributed by atoms with E-state index >= 15 is 0 Å². The smallest absolute Gasteiger partial charge is 0.264 e. The van der Waals surface area contributed by atoms with Crippen LogP contribution in [0.2, 0.25) is 0 Å². The first-order valence-electron chi connectivity index (χ1n) is 9.09. The van der Waals surface area contributed by atoms with Crippen LogP contribution < -0.4 is 0 Å². The highest BCUT2D eigenvalue weighted by Crippen LogP contribution is 2.33. The molecular weight excluding hydrogens is 351 g/mol. The highest BCUT2D eigenvalue weighted by Gasteiger charge is 2.32. The normalized spacial score (nSPS) is 21.3. The number of hydrogen-bond donors (Lipinski definition) is 0. The van der Waals surface area contributed by atoms with E-state index in [0.717, 1.165) is 66.7 Å². The summed E-state index contributed by atoms with van der Waals surface area (Å²) in [7, 11) is 0. The molecule has 1 unspecified atom stereocenters. The zero-order valence-electron chi connectivity index (χ0n) is 14.9. The molecule has 4 rings (SSSR count). The van der Waals surface area contributed by atoms with E-state index in [0.29, 0.717) is 6.04 Å². The fraction of sp³-hybridized carbons (Fsp3) is 0.450. The van der Waals surface area contributed by atoms with Crippen LogP contribution in [-0.2, 0) is 4.74 Å². The molecule has 0 aliphatic carbocycles. The average Bonchev–Trinajstić information content (AvgIpc) is 3.30. The molecule has 1 aromatic carbocycles. The van der Waals surface area contributed by atoms with Gasteiger partial charge in [-0.05, 0) is 42.7 Å². The molecule has 0 spiro atoms. The van der Waals surface area contributed by atoms with E-state index in [-0.39, 0.29) is 11.7 Å². The van der Waals surface area contributed by atoms with Crippen molar-refractivity contribution in [2.45, 2.75) is 19.4 Å². The van der Waals surface area contributed by atoms with Crippen molar-refractivity contribution in [2.75, 3.05) is 39.4 Å². The number of morpholine rings is 1. The van der Waals surface area contributed by atoms with Crippen LogP contribution in [0.4, 0.5) is 4.39 Å². The summed E-state index contributed by atoms with van der Waals surface area (Å²) in [6.45, 7) is 7.10. The molecule has 6 heteroatoms. The second-order valence-corrected chi connectivity index (χ2v) is 8.02. The zero-order chi connectivity index (χ0) is 18.1. The Hall–Kier alpha value is -1.76. The van der Waals surface area contributed by atoms with Crippen LogP contribution in [-0.4, -0.2) is 61.1 Å². The van der Waals surface area contributed by atoms with Crippen molar-refractivity contribution in [1.82, 2.24) is 9.80 Å². The van der Waals surface area contributed by atoms with E-state index < -0.39 is 0 Å². The van der Waals surface area contributed by atoms with Gasteiger partial charge in [0.25, 0.3) is 5.91 Å². The van der Waals surface area contributed by atoms with Gasteiger partial charge < -0.3 is 9.64 Å². The topological polar surface area (TPSA) is 32.8 Å². The van der Waals surface area contributed by atoms with Gasteiger partial charge in [-0.3, -0.25) is 9.69 Å². The molecule has 3 heterocycles. The van der Waals surface area contributed by atoms with Crippen molar-refractivity contribution in [3.63, 3.8) is 0 Å². The Morgan fingerprint density at radius 2 is 1.92 bits per heavy atom. The summed E-state index contributed by atoms with van der Waals surface area (Å²) in [6.07, 6.45) is 1.03. The van der Waals surface area contributed by atoms with E-state index in [1.807, 2.05) is 17.9 Å². The van der Waals surface area contributed by atoms with Gasteiger partial charge in [0.1, 0.15) is 5.82 Å². The molecule has 0 radical (unpaired) electrons. The molecule has 1 atom stereocenters. The molecule has 138 valence electrons. The van der Waals surface area contributed by atoms with Crippen LogP contribution in [0.15, 0.2) is 30.3 Å². The lowest BCUT2D eigenvalue weighted by molar-refractivity contribution is 0.0185. The van der Waals surface area contributed by atoms with Crippen molar-refractivity contribution in [3.05, 3.63) is 46.6 Å². The van der Waals surface area contributed by atoms with Gasteiger partial charge in [-0.25, -0.2) is 4.39 Å². The van der Waals surface area contributed by atoms with Gasteiger partial charge in [0, 0.05) is 37.1 Å². The van der Waals surface area contributed by atoms with Crippen molar-refractivity contribution in [1.29, 1.82) is 0 Å². The molecule has 0 N–H and O–H groups in total. The SMILES string of the molecule is Cc1cc(C(=O)N2CCC(N3CCOCC3)C2)sc1-c1ccc(F)cc1. The van der Waals surface area contributed by atoms with Gasteiger partial charge in [0.05, 0.1) is 18.1 Å². The fourth-order valence-electron chi connectivity index (χ4n) is 3.80. The molecule has 2 aromatic rings. The zero-order valence-corrected chi connectivity index (χ0v) is 15.7. The molecule has 26 heavy (non-hydrogen) atoms. The molecular formula is C20H23FN2O2S. The number of hydrogen-bond acceptors (Lipinski definition) is 4. The lowest BCUT2D eigenvalue weighted by Gasteiger charge is -2.32. The first-order chi connectivity index (χ1) is 12.6. The number of ether oxygens (including phenoxy) is 1. The number of likely N-dealkylation sites (tertiary alicyclic amines) is 1. The van der Waals surface area contributed by atoms with Gasteiger partial charge in [-0.15, -0.1) is 11.3 Å². The number of halogens is 1. The number of carbonyl (C=O) groups excluding carboxylic acids is 1. The van der Waals surface area contributed by atoms with Crippen LogP contribution in [0.3, 0.4) is 0 Å². The van der Waals surface area contributed by atoms with Crippen LogP contribution in [0.5, 0.6) is 0 Å². The standard InChI is InChI=1S/C20H23FN2O2S/c1-14-12-18(26-19(14)15-2-4-16(21)5-3-15)20(24)23-7-6-17(13-23)22-8-10-25-11-9-22/h2-5,12,17H,6-11,13H2,1H3. The minimum absolute atomic E-state index is 0.113. The Morgan fingerprint density at radius 1 is 1.19 bits per heavy atom. The summed E-state index contributed by atoms with van der Waals surface area (Å²) in [5.74, 6) is -0.132. The minimum atomic E-state index is -0.245. The van der Waals surface area contributed by atoms with Crippen molar-refractivity contribution >= 4 is 17.2 Å². The Balaban J connectivity index is 1.47. The second kappa shape index (κ2) is 7.47. The average molecular weight is 374 g/mol. The van der Waals surface area contributed by atoms with E-state index in [1.54, 1.807) is 12.1 Å². The number of amides is 1. The molecule has 0 bridgehead atoms. The third-order valence-electron chi connectivity index (χ3n) is 5.25. The van der Waals surface area contributed by atoms with E-state index in [4.69, 9.17) is 4.74 Å². The first kappa shape index (κ1) is 17.6. The van der Waals surface area contributed by atoms with Crippen LogP contribution in [0.1, 0.15) is 21.7 Å². The van der Waals surface area contributed by atoms with E-state index in [9.17, 15) is 9.18 Å². The lowest BCUT2D eigenvalue weighted by Crippen LogP contribution is -2.45. The Bertz CT molecular complexity index is 784. The quantitative estimate of drug-likeness (QED) is 0.825. The minimum Gasteiger partial charge on any atom is -0.379 e. The number of aryl methyl sites for hydroxylation is 1. The summed E-state index contributed by atoms with van der Waals surface area (Å²) in [6, 6.07) is 8.88. The molecule has 2 saturated heterocycles. The van der Waals surface area contributed by atoms with Gasteiger partial charge in [0.15, 0.2) is 0 Å². The summed E-state index contributed by atoms with van der Waals surface area (Å²) in [5.41, 5.74) is 2.02. The molecule has 1 aromatic heterocycles. The van der Waals surface area contributed by atoms with Gasteiger partial charge in [0.2, 0.25) is 0 Å². The largest absolute Gasteiger partial charge is 0.379 e. The Labute approximate surface area is 157 Å². The van der Waals surface area contributed by atoms with Gasteiger partial charge in [-0.2, -0.15) is 0 Å². The third kappa shape index (κ3) is 3.54. The van der Waals surface area contributed by atoms with Crippen molar-refractivity contribution < 1.29 is 13.9 Å². The van der Waals surface area contributed by atoms with Crippen LogP contribution in [0.25, 0.3) is 10.4 Å². The summed E-state index contributed by atoms with van der Waals surface area (Å²) < 4.78 is 18.6. The molecule has 0 saturated carbocycles. The number of rotatable bonds is 3. The Morgan fingerprint density at radius 3 is 2.65 bits per heavy atom. The summed E-state index contributed by atoms with van der Waals surface area (Å²) in [5, 5.41) is 0. The number of nitrogens with zero attached hydrogens (tertiary/aromatic N) is 2. The predicted molar refractivity (Wildman–Crippen MR) is 101 cm³/mol. The maximum Gasteiger partial charge on any atom is 0.264 e. The maximum atomic E-state index is 13.2. The Kier molecular flexibility index (Phi) is 5.07. The molecule has 4 nitrogen and oxygen atoms in total. The highest BCUT2D eigenvalue weighted by molar-refractivity contribution is 7.17. The predicted octanol–water partition coefficient (Wildman–Crippen LogP) is 3.41. The molecule has 1 amide bonds. The van der Waals surface area contributed by atoms with E-state index in [1.165, 1.54) is 23.5 Å². The van der Waals surface area contributed by atoms with Crippen molar-refractivity contribution in [3.8, 4) is 10.4 Å². The van der Waals surface area contributed by atoms with Crippen LogP contribution >= 0.6 is 11.3 Å². The summed E-state index contributed by atoms with van der Waals surface area (Å²) >= 11 is 1.50. The number of carbonyl (C=O) groups is 1. The fourth-order valence-corrected chi connectivity index (χ4v) is 4.94. The molecule has 2 fully saturated rings. The summed E-state index contributed by atoms with van der Waals surface area (Å²) in [4.78, 5) is 19.2. The van der Waals surface area contributed by atoms with E-state index in [2.05, 4.69) is 4.90 Å². The van der Waals surface area contributed by atoms with Gasteiger partial charge in [-0.1, -0.05) is 12.1 Å². The maximum absolute atomic E-state index is 13.2. The van der Waals surface area contributed by atoms with Gasteiger partial charge >= 0.3 is 0 Å². The second-order valence-electron chi connectivity index (χ2n) is 6.97. The third-order valence-corrected chi connectivity index (χ3v) is 6.52. The van der Waals surface area contributed by atoms with Crippen molar-refractivity contribution in [2.24, 2.45) is 0 Å². The number of benzene rings is 1. The first-order valence-corrected chi connectivity index (χ1v) is 9.91. The monoisotopic (exact) mass is 374 g/mol. The highest BCUT2D eigenvalue weighted by atomic mass is 32.1. The molecule has 2 aliphatic heterocycles.